The summed E-state index contributed by atoms with van der Waals surface area (Å²) in [5, 5.41) is 8.68. The Morgan fingerprint density at radius 2 is 2.42 bits per heavy atom. The van der Waals surface area contributed by atoms with Gasteiger partial charge in [-0.25, -0.2) is 9.78 Å². The maximum atomic E-state index is 10.6. The summed E-state index contributed by atoms with van der Waals surface area (Å²) in [6.07, 6.45) is 0.516. The lowest BCUT2D eigenvalue weighted by Gasteiger charge is -1.93. The van der Waals surface area contributed by atoms with Crippen LogP contribution in [0.25, 0.3) is 0 Å². The Bertz CT molecular complexity index is 293. The zero-order chi connectivity index (χ0) is 9.14. The molecule has 5 heteroatoms. The molecule has 0 aliphatic rings. The van der Waals surface area contributed by atoms with Gasteiger partial charge in [-0.05, 0) is 13.5 Å². The van der Waals surface area contributed by atoms with Crippen molar-refractivity contribution < 1.29 is 9.90 Å². The monoisotopic (exact) mass is 169 g/mol. The summed E-state index contributed by atoms with van der Waals surface area (Å²) in [7, 11) is 0. The van der Waals surface area contributed by atoms with Gasteiger partial charge < -0.3 is 15.8 Å². The SMILES string of the molecule is Cc1nc(C(=O)O)c(CCN)[nH]1. The Labute approximate surface area is 69.6 Å². The number of aromatic amines is 1. The van der Waals surface area contributed by atoms with Gasteiger partial charge in [-0.1, -0.05) is 0 Å². The summed E-state index contributed by atoms with van der Waals surface area (Å²) in [6.45, 7) is 2.13. The molecule has 0 fully saturated rings. The normalized spacial score (nSPS) is 10.2. The van der Waals surface area contributed by atoms with Crippen LogP contribution in [0.2, 0.25) is 0 Å². The molecule has 66 valence electrons. The van der Waals surface area contributed by atoms with Gasteiger partial charge in [0, 0.05) is 6.42 Å². The second-order valence-electron chi connectivity index (χ2n) is 2.49. The van der Waals surface area contributed by atoms with E-state index < -0.39 is 5.97 Å². The molecular weight excluding hydrogens is 158 g/mol. The molecule has 0 saturated heterocycles. The molecule has 1 aromatic rings. The molecule has 0 aromatic carbocycles. The van der Waals surface area contributed by atoms with Gasteiger partial charge in [-0.3, -0.25) is 0 Å². The molecule has 0 amide bonds. The molecule has 1 heterocycles. The highest BCUT2D eigenvalue weighted by atomic mass is 16.4. The van der Waals surface area contributed by atoms with Crippen molar-refractivity contribution in [3.8, 4) is 0 Å². The molecule has 1 aromatic heterocycles. The minimum absolute atomic E-state index is 0.0814. The van der Waals surface area contributed by atoms with Crippen molar-refractivity contribution in [3.05, 3.63) is 17.2 Å². The van der Waals surface area contributed by atoms with E-state index in [1.165, 1.54) is 0 Å². The van der Waals surface area contributed by atoms with Gasteiger partial charge in [0.1, 0.15) is 5.82 Å². The van der Waals surface area contributed by atoms with Crippen LogP contribution in [0.15, 0.2) is 0 Å². The molecule has 0 aliphatic carbocycles. The quantitative estimate of drug-likeness (QED) is 0.590. The maximum absolute atomic E-state index is 10.6. The molecule has 0 unspecified atom stereocenters. The zero-order valence-corrected chi connectivity index (χ0v) is 6.79. The number of carbonyl (C=O) groups is 1. The summed E-state index contributed by atoms with van der Waals surface area (Å²) in [5.41, 5.74) is 5.98. The van der Waals surface area contributed by atoms with E-state index in [1.807, 2.05) is 0 Å². The Hall–Kier alpha value is -1.36. The van der Waals surface area contributed by atoms with Crippen molar-refractivity contribution in [2.24, 2.45) is 5.73 Å². The molecule has 0 bridgehead atoms. The fourth-order valence-corrected chi connectivity index (χ4v) is 1.04. The Morgan fingerprint density at radius 3 is 2.92 bits per heavy atom. The van der Waals surface area contributed by atoms with Crippen LogP contribution in [-0.2, 0) is 6.42 Å². The third-order valence-electron chi connectivity index (χ3n) is 1.49. The molecular formula is C7H11N3O2. The summed E-state index contributed by atoms with van der Waals surface area (Å²) < 4.78 is 0. The average Bonchev–Trinajstić information content (AvgIpc) is 2.32. The number of imidazole rings is 1. The van der Waals surface area contributed by atoms with Crippen LogP contribution in [-0.4, -0.2) is 27.6 Å². The van der Waals surface area contributed by atoms with E-state index in [9.17, 15) is 4.79 Å². The number of nitrogens with one attached hydrogen (secondary N) is 1. The first-order valence-electron chi connectivity index (χ1n) is 3.64. The smallest absolute Gasteiger partial charge is 0.356 e. The topological polar surface area (TPSA) is 92.0 Å². The largest absolute Gasteiger partial charge is 0.476 e. The maximum Gasteiger partial charge on any atom is 0.356 e. The van der Waals surface area contributed by atoms with Crippen molar-refractivity contribution in [3.63, 3.8) is 0 Å². The fourth-order valence-electron chi connectivity index (χ4n) is 1.04. The average molecular weight is 169 g/mol. The number of hydrogen-bond acceptors (Lipinski definition) is 3. The number of aryl methyl sites for hydroxylation is 1. The Kier molecular flexibility index (Phi) is 2.44. The molecule has 12 heavy (non-hydrogen) atoms. The van der Waals surface area contributed by atoms with Gasteiger partial charge in [0.15, 0.2) is 5.69 Å². The van der Waals surface area contributed by atoms with Crippen LogP contribution in [0, 0.1) is 6.92 Å². The van der Waals surface area contributed by atoms with Crippen LogP contribution in [0.5, 0.6) is 0 Å². The van der Waals surface area contributed by atoms with E-state index in [0.29, 0.717) is 24.5 Å². The molecule has 5 nitrogen and oxygen atoms in total. The lowest BCUT2D eigenvalue weighted by molar-refractivity contribution is 0.0690. The predicted molar refractivity (Wildman–Crippen MR) is 43.0 cm³/mol. The van der Waals surface area contributed by atoms with Crippen LogP contribution >= 0.6 is 0 Å². The number of H-pyrrole nitrogens is 1. The number of rotatable bonds is 3. The van der Waals surface area contributed by atoms with Crippen molar-refractivity contribution in [1.29, 1.82) is 0 Å². The van der Waals surface area contributed by atoms with Gasteiger partial charge in [0.2, 0.25) is 0 Å². The molecule has 0 aliphatic heterocycles. The van der Waals surface area contributed by atoms with E-state index in [2.05, 4.69) is 9.97 Å². The Morgan fingerprint density at radius 1 is 1.75 bits per heavy atom. The number of aromatic nitrogens is 2. The predicted octanol–water partition coefficient (Wildman–Crippen LogP) is -0.0825. The minimum atomic E-state index is -1.01. The highest BCUT2D eigenvalue weighted by Crippen LogP contribution is 2.05. The molecule has 4 N–H and O–H groups in total. The summed E-state index contributed by atoms with van der Waals surface area (Å²) in [4.78, 5) is 17.3. The second kappa shape index (κ2) is 3.36. The summed E-state index contributed by atoms with van der Waals surface area (Å²) in [6, 6.07) is 0. The number of hydrogen-bond donors (Lipinski definition) is 3. The number of aromatic carboxylic acids is 1. The van der Waals surface area contributed by atoms with Gasteiger partial charge in [0.05, 0.1) is 5.69 Å². The molecule has 0 radical (unpaired) electrons. The second-order valence-corrected chi connectivity index (χ2v) is 2.49. The van der Waals surface area contributed by atoms with E-state index in [4.69, 9.17) is 10.8 Å². The molecule has 0 spiro atoms. The van der Waals surface area contributed by atoms with Gasteiger partial charge >= 0.3 is 5.97 Å². The highest BCUT2D eigenvalue weighted by Gasteiger charge is 2.13. The molecule has 0 atom stereocenters. The molecule has 0 saturated carbocycles. The zero-order valence-electron chi connectivity index (χ0n) is 6.79. The lowest BCUT2D eigenvalue weighted by atomic mass is 10.2. The van der Waals surface area contributed by atoms with E-state index in [0.717, 1.165) is 0 Å². The third-order valence-corrected chi connectivity index (χ3v) is 1.49. The number of nitrogens with zero attached hydrogens (tertiary/aromatic N) is 1. The van der Waals surface area contributed by atoms with E-state index >= 15 is 0 Å². The number of carboxylic acids is 1. The van der Waals surface area contributed by atoms with Crippen LogP contribution in [0.1, 0.15) is 22.0 Å². The van der Waals surface area contributed by atoms with E-state index in [1.54, 1.807) is 6.92 Å². The van der Waals surface area contributed by atoms with Crippen molar-refractivity contribution in [2.75, 3.05) is 6.54 Å². The summed E-state index contributed by atoms with van der Waals surface area (Å²) >= 11 is 0. The van der Waals surface area contributed by atoms with Crippen LogP contribution < -0.4 is 5.73 Å². The lowest BCUT2D eigenvalue weighted by Crippen LogP contribution is -2.08. The summed E-state index contributed by atoms with van der Waals surface area (Å²) in [5.74, 6) is -0.404. The fraction of sp³-hybridized carbons (Fsp3) is 0.429. The third kappa shape index (κ3) is 1.62. The first-order valence-corrected chi connectivity index (χ1v) is 3.64. The van der Waals surface area contributed by atoms with Crippen molar-refractivity contribution >= 4 is 5.97 Å². The van der Waals surface area contributed by atoms with Gasteiger partial charge in [-0.15, -0.1) is 0 Å². The minimum Gasteiger partial charge on any atom is -0.476 e. The van der Waals surface area contributed by atoms with Crippen molar-refractivity contribution in [1.82, 2.24) is 9.97 Å². The number of nitrogens with two attached hydrogens (primary N) is 1. The van der Waals surface area contributed by atoms with Crippen LogP contribution in [0.3, 0.4) is 0 Å². The highest BCUT2D eigenvalue weighted by molar-refractivity contribution is 5.86. The Balaban J connectivity index is 2.99. The van der Waals surface area contributed by atoms with Crippen LogP contribution in [0.4, 0.5) is 0 Å². The number of carboxylic acid groups (broad SMARTS) is 1. The van der Waals surface area contributed by atoms with Gasteiger partial charge in [0.25, 0.3) is 0 Å². The standard InChI is InChI=1S/C7H11N3O2/c1-4-9-5(2-3-8)6(10-4)7(11)12/h2-3,8H2,1H3,(H,9,10)(H,11,12). The first-order chi connectivity index (χ1) is 5.65. The van der Waals surface area contributed by atoms with Gasteiger partial charge in [-0.2, -0.15) is 0 Å². The molecule has 1 rings (SSSR count). The van der Waals surface area contributed by atoms with E-state index in [-0.39, 0.29) is 5.69 Å². The first kappa shape index (κ1) is 8.73. The van der Waals surface area contributed by atoms with Crippen molar-refractivity contribution in [2.45, 2.75) is 13.3 Å².